The molecule has 1 N–H and O–H groups in total. The van der Waals surface area contributed by atoms with Crippen molar-refractivity contribution in [1.82, 2.24) is 5.32 Å². The SMILES string of the molecule is CCNCC(=O)O[C@@H]1CC[C@]2(CO2)[C@@H]([C@@]2(C)OC2CC=C(C)C)[C@@H]1OC. The highest BCUT2D eigenvalue weighted by atomic mass is 16.6. The molecule has 6 heteroatoms. The Morgan fingerprint density at radius 1 is 1.38 bits per heavy atom. The fourth-order valence-corrected chi connectivity index (χ4v) is 4.51. The molecule has 6 atom stereocenters. The van der Waals surface area contributed by atoms with E-state index in [2.05, 4.69) is 32.2 Å². The van der Waals surface area contributed by atoms with E-state index in [9.17, 15) is 4.79 Å². The zero-order valence-corrected chi connectivity index (χ0v) is 16.7. The second-order valence-corrected chi connectivity index (χ2v) is 8.19. The van der Waals surface area contributed by atoms with Crippen LogP contribution in [0, 0.1) is 5.92 Å². The zero-order valence-electron chi connectivity index (χ0n) is 16.7. The molecule has 3 aliphatic rings. The first kappa shape index (κ1) is 19.8. The van der Waals surface area contributed by atoms with E-state index in [0.29, 0.717) is 0 Å². The number of nitrogens with one attached hydrogen (secondary N) is 1. The van der Waals surface area contributed by atoms with Gasteiger partial charge in [-0.1, -0.05) is 18.6 Å². The van der Waals surface area contributed by atoms with Crippen LogP contribution in [0.5, 0.6) is 0 Å². The van der Waals surface area contributed by atoms with Crippen molar-refractivity contribution < 1.29 is 23.7 Å². The Balaban J connectivity index is 1.72. The Labute approximate surface area is 156 Å². The monoisotopic (exact) mass is 367 g/mol. The molecule has 2 saturated heterocycles. The number of esters is 1. The van der Waals surface area contributed by atoms with E-state index in [1.165, 1.54) is 5.57 Å². The highest BCUT2D eigenvalue weighted by Gasteiger charge is 2.72. The molecule has 0 bridgehead atoms. The molecule has 2 heterocycles. The lowest BCUT2D eigenvalue weighted by Crippen LogP contribution is -2.56. The highest BCUT2D eigenvalue weighted by molar-refractivity contribution is 5.71. The van der Waals surface area contributed by atoms with Crippen LogP contribution >= 0.6 is 0 Å². The van der Waals surface area contributed by atoms with Crippen LogP contribution in [-0.2, 0) is 23.7 Å². The molecule has 3 rings (SSSR count). The van der Waals surface area contributed by atoms with Crippen LogP contribution in [0.25, 0.3) is 0 Å². The molecule has 3 fully saturated rings. The minimum atomic E-state index is -0.296. The number of hydrogen-bond acceptors (Lipinski definition) is 6. The molecule has 0 aromatic heterocycles. The van der Waals surface area contributed by atoms with Crippen molar-refractivity contribution >= 4 is 5.97 Å². The third-order valence-electron chi connectivity index (χ3n) is 6.04. The van der Waals surface area contributed by atoms with Gasteiger partial charge in [-0.2, -0.15) is 0 Å². The molecule has 0 radical (unpaired) electrons. The van der Waals surface area contributed by atoms with Gasteiger partial charge < -0.3 is 24.3 Å². The number of methoxy groups -OCH3 is 1. The Morgan fingerprint density at radius 3 is 2.69 bits per heavy atom. The minimum absolute atomic E-state index is 0.0706. The molecular weight excluding hydrogens is 334 g/mol. The van der Waals surface area contributed by atoms with E-state index in [0.717, 1.165) is 32.4 Å². The van der Waals surface area contributed by atoms with Crippen molar-refractivity contribution in [2.75, 3.05) is 26.8 Å². The number of likely N-dealkylation sites (N-methyl/N-ethyl adjacent to an activating group) is 1. The van der Waals surface area contributed by atoms with Gasteiger partial charge in [-0.15, -0.1) is 0 Å². The van der Waals surface area contributed by atoms with Gasteiger partial charge in [0.25, 0.3) is 0 Å². The molecule has 1 saturated carbocycles. The number of epoxide rings is 2. The molecule has 0 aromatic rings. The van der Waals surface area contributed by atoms with Gasteiger partial charge in [-0.05, 0) is 46.6 Å². The Kier molecular flexibility index (Phi) is 5.78. The molecule has 0 aromatic carbocycles. The van der Waals surface area contributed by atoms with Crippen LogP contribution < -0.4 is 5.32 Å². The largest absolute Gasteiger partial charge is 0.459 e. The predicted molar refractivity (Wildman–Crippen MR) is 98.0 cm³/mol. The smallest absolute Gasteiger partial charge is 0.320 e. The summed E-state index contributed by atoms with van der Waals surface area (Å²) < 4.78 is 23.7. The van der Waals surface area contributed by atoms with Crippen molar-refractivity contribution in [2.24, 2.45) is 5.92 Å². The number of carbonyl (C=O) groups excluding carboxylic acids is 1. The van der Waals surface area contributed by atoms with Crippen LogP contribution in [0.1, 0.15) is 47.0 Å². The lowest BCUT2D eigenvalue weighted by atomic mass is 9.68. The summed E-state index contributed by atoms with van der Waals surface area (Å²) in [7, 11) is 1.70. The van der Waals surface area contributed by atoms with E-state index >= 15 is 0 Å². The van der Waals surface area contributed by atoms with E-state index in [1.54, 1.807) is 7.11 Å². The van der Waals surface area contributed by atoms with Gasteiger partial charge in [0.2, 0.25) is 0 Å². The number of allylic oxidation sites excluding steroid dienone is 1. The van der Waals surface area contributed by atoms with Crippen LogP contribution in [-0.4, -0.2) is 62.3 Å². The number of carbonyl (C=O) groups is 1. The number of ether oxygens (including phenoxy) is 4. The van der Waals surface area contributed by atoms with Gasteiger partial charge in [0.15, 0.2) is 0 Å². The van der Waals surface area contributed by atoms with Gasteiger partial charge in [0.1, 0.15) is 23.4 Å². The topological polar surface area (TPSA) is 72.6 Å². The minimum Gasteiger partial charge on any atom is -0.459 e. The lowest BCUT2D eigenvalue weighted by Gasteiger charge is -2.42. The summed E-state index contributed by atoms with van der Waals surface area (Å²) in [4.78, 5) is 12.1. The molecule has 0 amide bonds. The van der Waals surface area contributed by atoms with E-state index in [4.69, 9.17) is 18.9 Å². The summed E-state index contributed by atoms with van der Waals surface area (Å²) in [6, 6.07) is 0. The summed E-state index contributed by atoms with van der Waals surface area (Å²) in [6.45, 7) is 10.0. The lowest BCUT2D eigenvalue weighted by molar-refractivity contribution is -0.170. The maximum atomic E-state index is 12.1. The summed E-state index contributed by atoms with van der Waals surface area (Å²) in [5.74, 6) is -0.158. The normalized spacial score (nSPS) is 41.0. The van der Waals surface area contributed by atoms with Crippen molar-refractivity contribution in [3.05, 3.63) is 11.6 Å². The molecule has 148 valence electrons. The maximum absolute atomic E-state index is 12.1. The molecule has 2 aliphatic heterocycles. The zero-order chi connectivity index (χ0) is 18.9. The van der Waals surface area contributed by atoms with Crippen molar-refractivity contribution in [3.8, 4) is 0 Å². The first-order valence-corrected chi connectivity index (χ1v) is 9.74. The van der Waals surface area contributed by atoms with Crippen LogP contribution in [0.4, 0.5) is 0 Å². The first-order valence-electron chi connectivity index (χ1n) is 9.74. The molecular formula is C20H33NO5. The van der Waals surface area contributed by atoms with Crippen LogP contribution in [0.2, 0.25) is 0 Å². The van der Waals surface area contributed by atoms with Crippen molar-refractivity contribution in [2.45, 2.75) is 76.5 Å². The second kappa shape index (κ2) is 7.58. The number of rotatable bonds is 8. The van der Waals surface area contributed by atoms with Crippen molar-refractivity contribution in [3.63, 3.8) is 0 Å². The third-order valence-corrected chi connectivity index (χ3v) is 6.04. The van der Waals surface area contributed by atoms with Gasteiger partial charge in [0.05, 0.1) is 25.2 Å². The Morgan fingerprint density at radius 2 is 2.12 bits per heavy atom. The molecule has 26 heavy (non-hydrogen) atoms. The van der Waals surface area contributed by atoms with Crippen molar-refractivity contribution in [1.29, 1.82) is 0 Å². The van der Waals surface area contributed by atoms with E-state index in [-0.39, 0.29) is 47.9 Å². The Hall–Kier alpha value is -0.950. The standard InChI is InChI=1S/C20H33NO5/c1-6-21-11-16(22)25-14-9-10-20(12-24-20)18(17(14)23-5)19(4)15(26-19)8-7-13(2)3/h7,14-15,17-18,21H,6,8-12H2,1-5H3/t14-,15?,17-,18-,19+,20+/m1/s1. The van der Waals surface area contributed by atoms with E-state index < -0.39 is 0 Å². The van der Waals surface area contributed by atoms with Gasteiger partial charge in [0, 0.05) is 7.11 Å². The summed E-state index contributed by atoms with van der Waals surface area (Å²) in [5, 5.41) is 3.02. The molecule has 6 nitrogen and oxygen atoms in total. The number of hydrogen-bond donors (Lipinski definition) is 1. The molecule has 1 spiro atoms. The van der Waals surface area contributed by atoms with Gasteiger partial charge >= 0.3 is 5.97 Å². The third kappa shape index (κ3) is 3.84. The molecule has 1 aliphatic carbocycles. The first-order chi connectivity index (χ1) is 12.4. The van der Waals surface area contributed by atoms with Crippen LogP contribution in [0.3, 0.4) is 0 Å². The quantitative estimate of drug-likeness (QED) is 0.403. The Bertz CT molecular complexity index is 554. The van der Waals surface area contributed by atoms with E-state index in [1.807, 2.05) is 6.92 Å². The predicted octanol–water partition coefficient (Wildman–Crippen LogP) is 2.22. The summed E-state index contributed by atoms with van der Waals surface area (Å²) in [5.41, 5.74) is 0.817. The average molecular weight is 367 g/mol. The fraction of sp³-hybridized carbons (Fsp3) is 0.850. The maximum Gasteiger partial charge on any atom is 0.320 e. The second-order valence-electron chi connectivity index (χ2n) is 8.19. The fourth-order valence-electron chi connectivity index (χ4n) is 4.51. The van der Waals surface area contributed by atoms with Gasteiger partial charge in [-0.3, -0.25) is 4.79 Å². The van der Waals surface area contributed by atoms with Crippen LogP contribution in [0.15, 0.2) is 11.6 Å². The highest BCUT2D eigenvalue weighted by Crippen LogP contribution is 2.59. The van der Waals surface area contributed by atoms with Gasteiger partial charge in [-0.25, -0.2) is 0 Å². The average Bonchev–Trinajstić information content (AvgIpc) is 3.50. The molecule has 1 unspecified atom stereocenters. The summed E-state index contributed by atoms with van der Waals surface area (Å²) in [6.07, 6.45) is 4.46. The summed E-state index contributed by atoms with van der Waals surface area (Å²) >= 11 is 0.